The summed E-state index contributed by atoms with van der Waals surface area (Å²) in [6, 6.07) is 6.89. The Bertz CT molecular complexity index is 1250. The minimum absolute atomic E-state index is 0.304. The molecule has 0 atom stereocenters. The van der Waals surface area contributed by atoms with Crippen LogP contribution in [0.3, 0.4) is 0 Å². The van der Waals surface area contributed by atoms with E-state index in [2.05, 4.69) is 25.3 Å². The van der Waals surface area contributed by atoms with E-state index in [4.69, 9.17) is 11.5 Å². The van der Waals surface area contributed by atoms with E-state index in [0.717, 1.165) is 0 Å². The van der Waals surface area contributed by atoms with Gasteiger partial charge in [0, 0.05) is 35.6 Å². The molecule has 28 heavy (non-hydrogen) atoms. The van der Waals surface area contributed by atoms with Crippen LogP contribution in [-0.2, 0) is 0 Å². The van der Waals surface area contributed by atoms with Gasteiger partial charge < -0.3 is 16.8 Å². The molecule has 140 valence electrons. The standard InChI is InChI=1S/C19H16FN7S/c1-23-5-4-12(21)10-7-16-11(6-13(10)22)19(25-8-24-16)27-14-2-3-15-18(17(14)20)28-9-26-15/h2-9H,21-22H2,1H3,(H,24,25,27)/b12-4-,23-5?. The van der Waals surface area contributed by atoms with Crippen LogP contribution < -0.4 is 16.8 Å². The maximum atomic E-state index is 14.8. The number of nitrogens with two attached hydrogens (primary N) is 2. The van der Waals surface area contributed by atoms with Crippen LogP contribution in [-0.4, -0.2) is 28.2 Å². The normalized spacial score (nSPS) is 12.3. The van der Waals surface area contributed by atoms with Crippen LogP contribution in [0, 0.1) is 5.82 Å². The largest absolute Gasteiger partial charge is 0.398 e. The molecule has 2 aromatic heterocycles. The molecule has 0 fully saturated rings. The van der Waals surface area contributed by atoms with E-state index >= 15 is 0 Å². The summed E-state index contributed by atoms with van der Waals surface area (Å²) in [6.07, 6.45) is 4.66. The number of allylic oxidation sites excluding steroid dienone is 1. The van der Waals surface area contributed by atoms with Crippen LogP contribution in [0.25, 0.3) is 26.8 Å². The zero-order chi connectivity index (χ0) is 19.7. The van der Waals surface area contributed by atoms with Gasteiger partial charge in [0.05, 0.1) is 26.9 Å². The first kappa shape index (κ1) is 17.8. The molecular formula is C19H16FN7S. The van der Waals surface area contributed by atoms with E-state index < -0.39 is 0 Å². The third-order valence-corrected chi connectivity index (χ3v) is 5.05. The quantitative estimate of drug-likeness (QED) is 0.360. The summed E-state index contributed by atoms with van der Waals surface area (Å²) in [4.78, 5) is 16.5. The van der Waals surface area contributed by atoms with E-state index in [-0.39, 0.29) is 5.82 Å². The fraction of sp³-hybridized carbons (Fsp3) is 0.0526. The Morgan fingerprint density at radius 2 is 2.07 bits per heavy atom. The molecule has 9 heteroatoms. The van der Waals surface area contributed by atoms with Crippen LogP contribution in [0.5, 0.6) is 0 Å². The predicted octanol–water partition coefficient (Wildman–Crippen LogP) is 3.70. The van der Waals surface area contributed by atoms with Crippen LogP contribution in [0.15, 0.2) is 47.2 Å². The third kappa shape index (κ3) is 3.12. The van der Waals surface area contributed by atoms with Crippen molar-refractivity contribution >= 4 is 61.6 Å². The zero-order valence-corrected chi connectivity index (χ0v) is 15.7. The molecule has 0 spiro atoms. The summed E-state index contributed by atoms with van der Waals surface area (Å²) in [5, 5.41) is 3.69. The number of nitrogens with one attached hydrogen (secondary N) is 1. The Morgan fingerprint density at radius 3 is 2.89 bits per heavy atom. The number of rotatable bonds is 4. The summed E-state index contributed by atoms with van der Waals surface area (Å²) >= 11 is 1.25. The Balaban J connectivity index is 1.79. The number of fused-ring (bicyclic) bond motifs is 2. The topological polar surface area (TPSA) is 115 Å². The molecule has 5 N–H and O–H groups in total. The molecule has 4 rings (SSSR count). The average Bonchev–Trinajstić information content (AvgIpc) is 3.18. The predicted molar refractivity (Wildman–Crippen MR) is 113 cm³/mol. The molecule has 0 aliphatic rings. The average molecular weight is 393 g/mol. The van der Waals surface area contributed by atoms with Gasteiger partial charge in [-0.25, -0.2) is 19.3 Å². The number of halogens is 1. The lowest BCUT2D eigenvalue weighted by atomic mass is 10.1. The highest BCUT2D eigenvalue weighted by Gasteiger charge is 2.13. The van der Waals surface area contributed by atoms with Gasteiger partial charge in [-0.15, -0.1) is 11.3 Å². The van der Waals surface area contributed by atoms with E-state index in [0.29, 0.717) is 49.6 Å². The SMILES string of the molecule is CN=C/C=C(\N)c1cc2ncnc(Nc3ccc4ncsc4c3F)c2cc1N. The molecule has 2 aromatic carbocycles. The second-order valence-electron chi connectivity index (χ2n) is 5.96. The van der Waals surface area contributed by atoms with E-state index in [1.807, 2.05) is 0 Å². The molecule has 0 aliphatic carbocycles. The summed E-state index contributed by atoms with van der Waals surface area (Å²) in [7, 11) is 1.65. The van der Waals surface area contributed by atoms with Crippen LogP contribution >= 0.6 is 11.3 Å². The minimum Gasteiger partial charge on any atom is -0.398 e. The summed E-state index contributed by atoms with van der Waals surface area (Å²) < 4.78 is 15.2. The van der Waals surface area contributed by atoms with Crippen molar-refractivity contribution in [1.82, 2.24) is 15.0 Å². The number of nitrogens with zero attached hydrogens (tertiary/aromatic N) is 4. The van der Waals surface area contributed by atoms with E-state index in [9.17, 15) is 4.39 Å². The number of hydrogen-bond donors (Lipinski definition) is 3. The first-order valence-corrected chi connectivity index (χ1v) is 9.17. The van der Waals surface area contributed by atoms with Gasteiger partial charge in [-0.05, 0) is 30.3 Å². The van der Waals surface area contributed by atoms with Crippen molar-refractivity contribution in [2.75, 3.05) is 18.1 Å². The molecule has 2 heterocycles. The van der Waals surface area contributed by atoms with Crippen molar-refractivity contribution in [2.24, 2.45) is 10.7 Å². The number of aromatic nitrogens is 3. The van der Waals surface area contributed by atoms with Crippen LogP contribution in [0.2, 0.25) is 0 Å². The van der Waals surface area contributed by atoms with Gasteiger partial charge in [0.1, 0.15) is 12.1 Å². The van der Waals surface area contributed by atoms with E-state index in [1.54, 1.807) is 49.1 Å². The smallest absolute Gasteiger partial charge is 0.166 e. The highest BCUT2D eigenvalue weighted by Crippen LogP contribution is 2.32. The summed E-state index contributed by atoms with van der Waals surface area (Å²) in [5.41, 5.74) is 17.0. The maximum absolute atomic E-state index is 14.8. The monoisotopic (exact) mass is 393 g/mol. The first-order valence-electron chi connectivity index (χ1n) is 8.29. The lowest BCUT2D eigenvalue weighted by molar-refractivity contribution is 0.645. The van der Waals surface area contributed by atoms with Crippen molar-refractivity contribution in [3.8, 4) is 0 Å². The number of anilines is 3. The molecule has 0 aliphatic heterocycles. The Hall–Kier alpha value is -3.59. The Kier molecular flexibility index (Phi) is 4.58. The van der Waals surface area contributed by atoms with Crippen molar-refractivity contribution in [3.05, 3.63) is 53.6 Å². The minimum atomic E-state index is -0.373. The number of hydrogen-bond acceptors (Lipinski definition) is 8. The second-order valence-corrected chi connectivity index (χ2v) is 6.82. The summed E-state index contributed by atoms with van der Waals surface area (Å²) in [5.74, 6) is 0.0751. The molecular weight excluding hydrogens is 377 g/mol. The van der Waals surface area contributed by atoms with Crippen molar-refractivity contribution in [1.29, 1.82) is 0 Å². The molecule has 0 saturated carbocycles. The maximum Gasteiger partial charge on any atom is 0.166 e. The van der Waals surface area contributed by atoms with Gasteiger partial charge in [0.25, 0.3) is 0 Å². The van der Waals surface area contributed by atoms with E-state index in [1.165, 1.54) is 17.7 Å². The van der Waals surface area contributed by atoms with Crippen LogP contribution in [0.4, 0.5) is 21.6 Å². The Morgan fingerprint density at radius 1 is 1.21 bits per heavy atom. The van der Waals surface area contributed by atoms with Crippen LogP contribution in [0.1, 0.15) is 5.56 Å². The zero-order valence-electron chi connectivity index (χ0n) is 14.8. The van der Waals surface area contributed by atoms with Gasteiger partial charge in [-0.3, -0.25) is 4.99 Å². The second kappa shape index (κ2) is 7.20. The molecule has 7 nitrogen and oxygen atoms in total. The fourth-order valence-electron chi connectivity index (χ4n) is 2.83. The number of benzene rings is 2. The molecule has 0 amide bonds. The van der Waals surface area contributed by atoms with Crippen molar-refractivity contribution < 1.29 is 4.39 Å². The molecule has 0 saturated heterocycles. The van der Waals surface area contributed by atoms with Gasteiger partial charge in [-0.1, -0.05) is 0 Å². The highest BCUT2D eigenvalue weighted by molar-refractivity contribution is 7.16. The van der Waals surface area contributed by atoms with Gasteiger partial charge >= 0.3 is 0 Å². The van der Waals surface area contributed by atoms with Crippen molar-refractivity contribution in [2.45, 2.75) is 0 Å². The fourth-order valence-corrected chi connectivity index (χ4v) is 3.56. The molecule has 4 aromatic rings. The third-order valence-electron chi connectivity index (χ3n) is 4.21. The number of aliphatic imine (C=N–C) groups is 1. The van der Waals surface area contributed by atoms with Gasteiger partial charge in [0.15, 0.2) is 5.82 Å². The van der Waals surface area contributed by atoms with Crippen molar-refractivity contribution in [3.63, 3.8) is 0 Å². The lowest BCUT2D eigenvalue weighted by Crippen LogP contribution is -2.04. The highest BCUT2D eigenvalue weighted by atomic mass is 32.1. The van der Waals surface area contributed by atoms with Gasteiger partial charge in [0.2, 0.25) is 0 Å². The summed E-state index contributed by atoms with van der Waals surface area (Å²) in [6.45, 7) is 0. The first-order chi connectivity index (χ1) is 13.6. The molecule has 0 bridgehead atoms. The lowest BCUT2D eigenvalue weighted by Gasteiger charge is -2.12. The Labute approximate surface area is 163 Å². The van der Waals surface area contributed by atoms with Gasteiger partial charge in [-0.2, -0.15) is 0 Å². The number of nitrogen functional groups attached to an aromatic ring is 1. The number of thiazole rings is 1. The molecule has 0 unspecified atom stereocenters. The molecule has 0 radical (unpaired) electrons.